The van der Waals surface area contributed by atoms with Crippen LogP contribution in [0.1, 0.15) is 21.9 Å². The van der Waals surface area contributed by atoms with Gasteiger partial charge in [-0.3, -0.25) is 4.79 Å². The molecule has 0 saturated heterocycles. The first-order chi connectivity index (χ1) is 13.5. The molecule has 0 aliphatic rings. The normalized spacial score (nSPS) is 11.5. The van der Waals surface area contributed by atoms with Gasteiger partial charge in [0, 0.05) is 0 Å². The smallest absolute Gasteiger partial charge is 0.307 e. The van der Waals surface area contributed by atoms with Crippen molar-refractivity contribution < 1.29 is 22.4 Å². The predicted octanol–water partition coefficient (Wildman–Crippen LogP) is 3.03. The maximum atomic E-state index is 12.4. The summed E-state index contributed by atoms with van der Waals surface area (Å²) < 4.78 is 35.1. The maximum absolute atomic E-state index is 12.4. The number of furan rings is 1. The van der Waals surface area contributed by atoms with E-state index in [0.29, 0.717) is 0 Å². The Labute approximate surface area is 162 Å². The molecule has 1 N–H and O–H groups in total. The zero-order valence-electron chi connectivity index (χ0n) is 15.0. The number of ether oxygens (including phenoxy) is 1. The quantitative estimate of drug-likeness (QED) is 0.487. The van der Waals surface area contributed by atoms with E-state index in [1.165, 1.54) is 30.5 Å². The second kappa shape index (κ2) is 8.53. The first-order valence-electron chi connectivity index (χ1n) is 8.32. The molecule has 0 spiro atoms. The van der Waals surface area contributed by atoms with Crippen LogP contribution in [-0.2, 0) is 15.6 Å². The van der Waals surface area contributed by atoms with Gasteiger partial charge in [-0.15, -0.1) is 0 Å². The average Bonchev–Trinajstić information content (AvgIpc) is 3.17. The van der Waals surface area contributed by atoms with Gasteiger partial charge >= 0.3 is 5.91 Å². The lowest BCUT2D eigenvalue weighted by atomic mass is 10.2. The summed E-state index contributed by atoms with van der Waals surface area (Å²) in [4.78, 5) is 12.3. The zero-order valence-corrected chi connectivity index (χ0v) is 15.8. The molecule has 3 rings (SSSR count). The number of methoxy groups -OCH3 is 1. The lowest BCUT2D eigenvalue weighted by Gasteiger charge is -2.02. The third kappa shape index (κ3) is 4.86. The second-order valence-electron chi connectivity index (χ2n) is 5.81. The Morgan fingerprint density at radius 3 is 2.46 bits per heavy atom. The summed E-state index contributed by atoms with van der Waals surface area (Å²) in [5.41, 5.74) is 3.11. The minimum absolute atomic E-state index is 0.0230. The van der Waals surface area contributed by atoms with E-state index < -0.39 is 15.7 Å². The van der Waals surface area contributed by atoms with Gasteiger partial charge in [-0.05, 0) is 54.1 Å². The molecule has 8 heteroatoms. The molecule has 0 aliphatic heterocycles. The van der Waals surface area contributed by atoms with Crippen LogP contribution in [-0.4, -0.2) is 27.6 Å². The molecule has 0 fully saturated rings. The number of hydrogen-bond donors (Lipinski definition) is 1. The van der Waals surface area contributed by atoms with Crippen LogP contribution in [0.4, 0.5) is 0 Å². The Morgan fingerprint density at radius 2 is 1.79 bits per heavy atom. The van der Waals surface area contributed by atoms with E-state index in [1.807, 2.05) is 0 Å². The zero-order chi connectivity index (χ0) is 20.0. The molecule has 0 bridgehead atoms. The van der Waals surface area contributed by atoms with Crippen molar-refractivity contribution in [2.45, 2.75) is 10.6 Å². The van der Waals surface area contributed by atoms with Gasteiger partial charge in [0.05, 0.1) is 18.2 Å². The summed E-state index contributed by atoms with van der Waals surface area (Å²) in [6.45, 7) is 0. The second-order valence-corrected chi connectivity index (χ2v) is 7.80. The van der Waals surface area contributed by atoms with Crippen LogP contribution in [0, 0.1) is 0 Å². The van der Waals surface area contributed by atoms with Gasteiger partial charge in [-0.25, -0.2) is 13.8 Å². The summed E-state index contributed by atoms with van der Waals surface area (Å²) in [6, 6.07) is 18.0. The summed E-state index contributed by atoms with van der Waals surface area (Å²) >= 11 is 0. The summed E-state index contributed by atoms with van der Waals surface area (Å²) in [5, 5.41) is 3.86. The van der Waals surface area contributed by atoms with Crippen LogP contribution >= 0.6 is 0 Å². The van der Waals surface area contributed by atoms with E-state index in [0.717, 1.165) is 11.3 Å². The molecule has 1 heterocycles. The molecule has 7 nitrogen and oxygen atoms in total. The highest BCUT2D eigenvalue weighted by molar-refractivity contribution is 7.90. The summed E-state index contributed by atoms with van der Waals surface area (Å²) in [6.07, 6.45) is 1.47. The number of nitrogens with zero attached hydrogens (tertiary/aromatic N) is 1. The average molecular weight is 398 g/mol. The number of sulfone groups is 1. The topological polar surface area (TPSA) is 98.0 Å². The molecular weight excluding hydrogens is 380 g/mol. The van der Waals surface area contributed by atoms with E-state index in [1.54, 1.807) is 49.6 Å². The maximum Gasteiger partial charge on any atom is 0.307 e. The van der Waals surface area contributed by atoms with E-state index >= 15 is 0 Å². The number of nitrogens with one attached hydrogen (secondary N) is 1. The Bertz CT molecular complexity index is 1070. The first-order valence-corrected chi connectivity index (χ1v) is 9.97. The molecule has 0 unspecified atom stereocenters. The van der Waals surface area contributed by atoms with Crippen molar-refractivity contribution in [2.24, 2.45) is 5.10 Å². The number of benzene rings is 2. The minimum Gasteiger partial charge on any atom is -0.497 e. The third-order valence-corrected chi connectivity index (χ3v) is 5.47. The largest absolute Gasteiger partial charge is 0.497 e. The molecular formula is C20H18N2O5S. The monoisotopic (exact) mass is 398 g/mol. The van der Waals surface area contributed by atoms with E-state index in [2.05, 4.69) is 10.5 Å². The Hall–Kier alpha value is -3.39. The van der Waals surface area contributed by atoms with Gasteiger partial charge < -0.3 is 9.15 Å². The van der Waals surface area contributed by atoms with Crippen molar-refractivity contribution in [1.29, 1.82) is 0 Å². The Balaban J connectivity index is 1.61. The van der Waals surface area contributed by atoms with Crippen molar-refractivity contribution >= 4 is 22.0 Å². The highest BCUT2D eigenvalue weighted by Gasteiger charge is 2.19. The lowest BCUT2D eigenvalue weighted by Crippen LogP contribution is -2.16. The summed E-state index contributed by atoms with van der Waals surface area (Å²) in [5.74, 6) is -0.0412. The fraction of sp³-hybridized carbons (Fsp3) is 0.100. The number of carbonyl (C=O) groups excluding carboxylic acids is 1. The van der Waals surface area contributed by atoms with Crippen LogP contribution in [0.3, 0.4) is 0 Å². The molecule has 0 atom stereocenters. The van der Waals surface area contributed by atoms with Crippen LogP contribution in [0.15, 0.2) is 81.1 Å². The fourth-order valence-corrected chi connectivity index (χ4v) is 3.65. The molecule has 2 aromatic carbocycles. The van der Waals surface area contributed by atoms with Gasteiger partial charge in [-0.1, -0.05) is 18.2 Å². The van der Waals surface area contributed by atoms with Crippen LogP contribution in [0.25, 0.3) is 0 Å². The number of hydrogen-bond acceptors (Lipinski definition) is 6. The first kappa shape index (κ1) is 19.4. The van der Waals surface area contributed by atoms with Crippen LogP contribution in [0.5, 0.6) is 5.75 Å². The van der Waals surface area contributed by atoms with Crippen molar-refractivity contribution in [3.8, 4) is 5.75 Å². The van der Waals surface area contributed by atoms with Crippen molar-refractivity contribution in [3.63, 3.8) is 0 Å². The molecule has 0 saturated carbocycles. The number of hydrazone groups is 1. The lowest BCUT2D eigenvalue weighted by molar-refractivity contribution is 0.0926. The number of amides is 1. The number of rotatable bonds is 7. The fourth-order valence-electron chi connectivity index (χ4n) is 2.39. The predicted molar refractivity (Wildman–Crippen MR) is 104 cm³/mol. The van der Waals surface area contributed by atoms with Crippen molar-refractivity contribution in [2.75, 3.05) is 7.11 Å². The Morgan fingerprint density at radius 1 is 1.07 bits per heavy atom. The van der Waals surface area contributed by atoms with E-state index in [4.69, 9.17) is 9.15 Å². The minimum atomic E-state index is -3.55. The molecule has 3 aromatic rings. The SMILES string of the molecule is COc1ccc(/C=N\NC(=O)c2ccc(CS(=O)(=O)c3ccccc3)o2)cc1. The van der Waals surface area contributed by atoms with Gasteiger partial charge in [0.25, 0.3) is 0 Å². The summed E-state index contributed by atoms with van der Waals surface area (Å²) in [7, 11) is -1.97. The molecule has 144 valence electrons. The van der Waals surface area contributed by atoms with Gasteiger partial charge in [0.2, 0.25) is 0 Å². The van der Waals surface area contributed by atoms with Crippen LogP contribution in [0.2, 0.25) is 0 Å². The Kier molecular flexibility index (Phi) is 5.90. The number of carbonyl (C=O) groups is 1. The highest BCUT2D eigenvalue weighted by Crippen LogP contribution is 2.18. The van der Waals surface area contributed by atoms with E-state index in [-0.39, 0.29) is 22.2 Å². The van der Waals surface area contributed by atoms with Gasteiger partial charge in [0.1, 0.15) is 17.3 Å². The van der Waals surface area contributed by atoms with Gasteiger partial charge in [0.15, 0.2) is 15.6 Å². The van der Waals surface area contributed by atoms with Gasteiger partial charge in [-0.2, -0.15) is 5.10 Å². The molecule has 1 amide bonds. The molecule has 28 heavy (non-hydrogen) atoms. The van der Waals surface area contributed by atoms with Crippen molar-refractivity contribution in [3.05, 3.63) is 83.8 Å². The third-order valence-electron chi connectivity index (χ3n) is 3.82. The highest BCUT2D eigenvalue weighted by atomic mass is 32.2. The van der Waals surface area contributed by atoms with Crippen LogP contribution < -0.4 is 10.2 Å². The molecule has 0 aliphatic carbocycles. The van der Waals surface area contributed by atoms with E-state index in [9.17, 15) is 13.2 Å². The molecule has 1 aromatic heterocycles. The van der Waals surface area contributed by atoms with Crippen molar-refractivity contribution in [1.82, 2.24) is 5.43 Å². The standard InChI is InChI=1S/C20H18N2O5S/c1-26-16-9-7-15(8-10-16)13-21-22-20(23)19-12-11-17(27-19)14-28(24,25)18-5-3-2-4-6-18/h2-13H,14H2,1H3,(H,22,23)/b21-13-. The molecule has 0 radical (unpaired) electrons.